The Kier molecular flexibility index (Phi) is 6.01. The summed E-state index contributed by atoms with van der Waals surface area (Å²) >= 11 is 0. The molecule has 0 unspecified atom stereocenters. The molecule has 3 aromatic rings. The number of hydrogen-bond donors (Lipinski definition) is 0. The van der Waals surface area contributed by atoms with Gasteiger partial charge < -0.3 is 9.32 Å². The van der Waals surface area contributed by atoms with Crippen molar-refractivity contribution < 1.29 is 26.8 Å². The van der Waals surface area contributed by atoms with Gasteiger partial charge >= 0.3 is 6.18 Å². The maximum Gasteiger partial charge on any atom is 0.416 e. The lowest BCUT2D eigenvalue weighted by atomic mass is 10.1. The highest BCUT2D eigenvalue weighted by Gasteiger charge is 2.30. The van der Waals surface area contributed by atoms with Gasteiger partial charge in [0.15, 0.2) is 0 Å². The fraction of sp³-hybridized carbons (Fsp3) is 0.304. The van der Waals surface area contributed by atoms with Crippen LogP contribution in [0, 0.1) is 12.7 Å². The molecule has 0 bridgehead atoms. The Balaban J connectivity index is 1.38. The van der Waals surface area contributed by atoms with Crippen molar-refractivity contribution in [3.05, 3.63) is 76.9 Å². The topological polar surface area (TPSA) is 49.6 Å². The van der Waals surface area contributed by atoms with Gasteiger partial charge in [0.1, 0.15) is 11.6 Å². The molecule has 0 radical (unpaired) electrons. The summed E-state index contributed by atoms with van der Waals surface area (Å²) in [7, 11) is 0. The zero-order chi connectivity index (χ0) is 22.9. The Morgan fingerprint density at radius 1 is 1.00 bits per heavy atom. The molecule has 0 spiro atoms. The first-order chi connectivity index (χ1) is 15.2. The number of rotatable bonds is 5. The lowest BCUT2D eigenvalue weighted by molar-refractivity contribution is -0.138. The summed E-state index contributed by atoms with van der Waals surface area (Å²) in [6, 6.07) is 10.7. The van der Waals surface area contributed by atoms with Crippen molar-refractivity contribution >= 4 is 5.91 Å². The molecule has 168 valence electrons. The summed E-state index contributed by atoms with van der Waals surface area (Å²) in [5.41, 5.74) is 1.22. The molecule has 2 aromatic carbocycles. The molecule has 32 heavy (non-hydrogen) atoms. The van der Waals surface area contributed by atoms with Crippen LogP contribution in [-0.2, 0) is 24.1 Å². The van der Waals surface area contributed by atoms with Crippen molar-refractivity contribution in [1.82, 2.24) is 14.8 Å². The van der Waals surface area contributed by atoms with E-state index in [-0.39, 0.29) is 24.2 Å². The van der Waals surface area contributed by atoms with Crippen molar-refractivity contribution in [2.24, 2.45) is 0 Å². The molecule has 5 nitrogen and oxygen atoms in total. The highest BCUT2D eigenvalue weighted by molar-refractivity contribution is 5.79. The molecule has 9 heteroatoms. The van der Waals surface area contributed by atoms with E-state index in [1.54, 1.807) is 24.0 Å². The molecule has 1 fully saturated rings. The molecule has 1 aliphatic rings. The molecule has 4 rings (SSSR count). The zero-order valence-electron chi connectivity index (χ0n) is 17.3. The Morgan fingerprint density at radius 2 is 1.69 bits per heavy atom. The van der Waals surface area contributed by atoms with Crippen molar-refractivity contribution in [3.8, 4) is 11.5 Å². The summed E-state index contributed by atoms with van der Waals surface area (Å²) in [5, 5.41) is 0. The third-order valence-electron chi connectivity index (χ3n) is 5.41. The Hall–Kier alpha value is -3.20. The van der Waals surface area contributed by atoms with Crippen LogP contribution in [0.4, 0.5) is 17.6 Å². The SMILES string of the molecule is Cc1oc(-c2ccc(C(F)(F)F)cc2)nc1CN1CCN(Cc2ccc(F)cc2)C(=O)C1. The van der Waals surface area contributed by atoms with Gasteiger partial charge in [0.2, 0.25) is 11.8 Å². The molecule has 1 saturated heterocycles. The molecular weight excluding hydrogens is 426 g/mol. The highest BCUT2D eigenvalue weighted by Crippen LogP contribution is 2.31. The lowest BCUT2D eigenvalue weighted by Crippen LogP contribution is -2.49. The van der Waals surface area contributed by atoms with Crippen LogP contribution in [0.15, 0.2) is 52.9 Å². The minimum atomic E-state index is -4.40. The highest BCUT2D eigenvalue weighted by atomic mass is 19.4. The van der Waals surface area contributed by atoms with Gasteiger partial charge in [-0.15, -0.1) is 0 Å². The number of carbonyl (C=O) groups excluding carboxylic acids is 1. The van der Waals surface area contributed by atoms with Crippen molar-refractivity contribution in [2.75, 3.05) is 19.6 Å². The Bertz CT molecular complexity index is 1090. The van der Waals surface area contributed by atoms with Crippen LogP contribution in [-0.4, -0.2) is 40.3 Å². The van der Waals surface area contributed by atoms with E-state index in [1.165, 1.54) is 24.3 Å². The second-order valence-electron chi connectivity index (χ2n) is 7.75. The second-order valence-corrected chi connectivity index (χ2v) is 7.75. The number of alkyl halides is 3. The second kappa shape index (κ2) is 8.74. The number of aryl methyl sites for hydroxylation is 1. The molecule has 0 saturated carbocycles. The molecule has 2 heterocycles. The van der Waals surface area contributed by atoms with Crippen LogP contribution in [0.1, 0.15) is 22.6 Å². The summed E-state index contributed by atoms with van der Waals surface area (Å²) in [5.74, 6) is 0.446. The summed E-state index contributed by atoms with van der Waals surface area (Å²) in [4.78, 5) is 20.7. The Labute approximate surface area is 182 Å². The Morgan fingerprint density at radius 3 is 2.31 bits per heavy atom. The molecule has 0 atom stereocenters. The van der Waals surface area contributed by atoms with Gasteiger partial charge in [0.05, 0.1) is 17.8 Å². The third-order valence-corrected chi connectivity index (χ3v) is 5.41. The summed E-state index contributed by atoms with van der Waals surface area (Å²) < 4.78 is 57.0. The first kappa shape index (κ1) is 22.0. The van der Waals surface area contributed by atoms with E-state index in [4.69, 9.17) is 4.42 Å². The third kappa shape index (κ3) is 4.99. The lowest BCUT2D eigenvalue weighted by Gasteiger charge is -2.34. The minimum absolute atomic E-state index is 0.0373. The van der Waals surface area contributed by atoms with E-state index < -0.39 is 11.7 Å². The smallest absolute Gasteiger partial charge is 0.416 e. The first-order valence-corrected chi connectivity index (χ1v) is 10.1. The maximum atomic E-state index is 13.1. The monoisotopic (exact) mass is 447 g/mol. The average molecular weight is 447 g/mol. The number of carbonyl (C=O) groups is 1. The van der Waals surface area contributed by atoms with Crippen LogP contribution in [0.3, 0.4) is 0 Å². The molecular formula is C23H21F4N3O2. The van der Waals surface area contributed by atoms with Crippen LogP contribution < -0.4 is 0 Å². The van der Waals surface area contributed by atoms with Gasteiger partial charge in [0.25, 0.3) is 0 Å². The van der Waals surface area contributed by atoms with Gasteiger partial charge in [-0.05, 0) is 48.9 Å². The van der Waals surface area contributed by atoms with Crippen LogP contribution in [0.5, 0.6) is 0 Å². The first-order valence-electron chi connectivity index (χ1n) is 10.1. The number of halogens is 4. The number of benzene rings is 2. The molecule has 1 amide bonds. The van der Waals surface area contributed by atoms with Crippen molar-refractivity contribution in [2.45, 2.75) is 26.2 Å². The van der Waals surface area contributed by atoms with Gasteiger partial charge in [-0.3, -0.25) is 9.69 Å². The van der Waals surface area contributed by atoms with E-state index in [0.29, 0.717) is 43.2 Å². The van der Waals surface area contributed by atoms with E-state index in [0.717, 1.165) is 17.7 Å². The van der Waals surface area contributed by atoms with Crippen molar-refractivity contribution in [1.29, 1.82) is 0 Å². The van der Waals surface area contributed by atoms with E-state index in [1.807, 2.05) is 4.90 Å². The van der Waals surface area contributed by atoms with Crippen molar-refractivity contribution in [3.63, 3.8) is 0 Å². The number of piperazine rings is 1. The summed E-state index contributed by atoms with van der Waals surface area (Å²) in [6.07, 6.45) is -4.40. The number of oxazole rings is 1. The number of aromatic nitrogens is 1. The van der Waals surface area contributed by atoms with Crippen LogP contribution in [0.2, 0.25) is 0 Å². The standard InChI is InChI=1S/C23H21F4N3O2/c1-15-20(28-22(32-15)17-4-6-18(7-5-17)23(25,26)27)13-29-10-11-30(21(31)14-29)12-16-2-8-19(24)9-3-16/h2-9H,10-14H2,1H3. The van der Waals surface area contributed by atoms with E-state index >= 15 is 0 Å². The van der Waals surface area contributed by atoms with Gasteiger partial charge in [-0.25, -0.2) is 9.37 Å². The van der Waals surface area contributed by atoms with Crippen LogP contribution in [0.25, 0.3) is 11.5 Å². The van der Waals surface area contributed by atoms with Gasteiger partial charge in [0, 0.05) is 31.7 Å². The number of hydrogen-bond acceptors (Lipinski definition) is 4. The maximum absolute atomic E-state index is 13.1. The number of amides is 1. The largest absolute Gasteiger partial charge is 0.441 e. The minimum Gasteiger partial charge on any atom is -0.441 e. The fourth-order valence-corrected chi connectivity index (χ4v) is 3.58. The normalized spacial score (nSPS) is 15.4. The molecule has 0 N–H and O–H groups in total. The summed E-state index contributed by atoms with van der Waals surface area (Å²) in [6.45, 7) is 3.93. The van der Waals surface area contributed by atoms with E-state index in [2.05, 4.69) is 4.98 Å². The van der Waals surface area contributed by atoms with E-state index in [9.17, 15) is 22.4 Å². The average Bonchev–Trinajstić information content (AvgIpc) is 3.11. The molecule has 1 aromatic heterocycles. The van der Waals surface area contributed by atoms with Crippen LogP contribution >= 0.6 is 0 Å². The zero-order valence-corrected chi connectivity index (χ0v) is 17.3. The molecule has 1 aliphatic heterocycles. The van der Waals surface area contributed by atoms with Gasteiger partial charge in [-0.2, -0.15) is 13.2 Å². The predicted octanol–water partition coefficient (Wildman–Crippen LogP) is 4.65. The van der Waals surface area contributed by atoms with Gasteiger partial charge in [-0.1, -0.05) is 12.1 Å². The quantitative estimate of drug-likeness (QED) is 0.535. The molecule has 0 aliphatic carbocycles. The predicted molar refractivity (Wildman–Crippen MR) is 109 cm³/mol. The fourth-order valence-electron chi connectivity index (χ4n) is 3.58. The number of nitrogens with zero attached hydrogens (tertiary/aromatic N) is 3.